The number of carboxylic acid groups (broad SMARTS) is 1. The first-order chi connectivity index (χ1) is 17.0. The number of hydrogen-bond acceptors (Lipinski definition) is 4. The third-order valence-corrected chi connectivity index (χ3v) is 5.92. The van der Waals surface area contributed by atoms with E-state index in [0.29, 0.717) is 22.8 Å². The number of carbonyl (C=O) groups is 2. The lowest BCUT2D eigenvalue weighted by Gasteiger charge is -2.04. The first kappa shape index (κ1) is 22.4. The van der Waals surface area contributed by atoms with E-state index in [4.69, 9.17) is 4.42 Å². The number of hydrogen-bond donors (Lipinski definition) is 3. The highest BCUT2D eigenvalue weighted by Crippen LogP contribution is 2.34. The Hall–Kier alpha value is -4.43. The van der Waals surface area contributed by atoms with Gasteiger partial charge in [0.15, 0.2) is 0 Å². The Morgan fingerprint density at radius 1 is 0.943 bits per heavy atom. The largest absolute Gasteiger partial charge is 0.478 e. The SMILES string of the molecule is O=C(O)c1cccc(-c2ccc(/C=N/NC(=O)c3[nH]c4ccc(Br)cc4c3-c3ccccc3)o2)c1. The maximum atomic E-state index is 13.1. The molecule has 172 valence electrons. The molecule has 0 aliphatic rings. The van der Waals surface area contributed by atoms with Gasteiger partial charge in [-0.15, -0.1) is 0 Å². The molecule has 7 nitrogen and oxygen atoms in total. The average molecular weight is 528 g/mol. The number of nitrogens with one attached hydrogen (secondary N) is 2. The zero-order chi connectivity index (χ0) is 24.4. The second-order valence-corrected chi connectivity index (χ2v) is 8.63. The number of aromatic carboxylic acids is 1. The number of nitrogens with zero attached hydrogens (tertiary/aromatic N) is 1. The number of carbonyl (C=O) groups excluding carboxylic acids is 1. The summed E-state index contributed by atoms with van der Waals surface area (Å²) in [5.41, 5.74) is 6.28. The van der Waals surface area contributed by atoms with Crippen LogP contribution in [-0.4, -0.2) is 28.2 Å². The van der Waals surface area contributed by atoms with Gasteiger partial charge >= 0.3 is 5.97 Å². The van der Waals surface area contributed by atoms with Gasteiger partial charge in [-0.05, 0) is 48.0 Å². The van der Waals surface area contributed by atoms with E-state index in [2.05, 4.69) is 31.4 Å². The fraction of sp³-hybridized carbons (Fsp3) is 0. The van der Waals surface area contributed by atoms with Crippen LogP contribution in [0.3, 0.4) is 0 Å². The van der Waals surface area contributed by atoms with Gasteiger partial charge in [-0.25, -0.2) is 10.2 Å². The Labute approximate surface area is 208 Å². The van der Waals surface area contributed by atoms with Gasteiger partial charge in [0, 0.05) is 26.5 Å². The van der Waals surface area contributed by atoms with Crippen molar-refractivity contribution in [3.63, 3.8) is 0 Å². The molecule has 3 N–H and O–H groups in total. The Balaban J connectivity index is 1.39. The lowest BCUT2D eigenvalue weighted by Crippen LogP contribution is -2.18. The smallest absolute Gasteiger partial charge is 0.335 e. The zero-order valence-electron chi connectivity index (χ0n) is 18.2. The lowest BCUT2D eigenvalue weighted by atomic mass is 10.0. The van der Waals surface area contributed by atoms with Gasteiger partial charge in [-0.3, -0.25) is 4.79 Å². The molecule has 2 aromatic heterocycles. The second kappa shape index (κ2) is 9.44. The van der Waals surface area contributed by atoms with E-state index in [1.54, 1.807) is 24.3 Å². The van der Waals surface area contributed by atoms with E-state index < -0.39 is 11.9 Å². The maximum absolute atomic E-state index is 13.1. The number of aromatic nitrogens is 1. The van der Waals surface area contributed by atoms with Crippen molar-refractivity contribution in [1.82, 2.24) is 10.4 Å². The predicted molar refractivity (Wildman–Crippen MR) is 138 cm³/mol. The molecule has 0 spiro atoms. The number of aromatic amines is 1. The summed E-state index contributed by atoms with van der Waals surface area (Å²) in [5.74, 6) is -0.506. The van der Waals surface area contributed by atoms with Crippen LogP contribution in [0.25, 0.3) is 33.4 Å². The third kappa shape index (κ3) is 4.64. The molecular formula is C27H18BrN3O4. The summed E-state index contributed by atoms with van der Waals surface area (Å²) in [5, 5.41) is 14.1. The first-order valence-corrected chi connectivity index (χ1v) is 11.4. The van der Waals surface area contributed by atoms with Crippen LogP contribution in [0.4, 0.5) is 0 Å². The van der Waals surface area contributed by atoms with Gasteiger partial charge in [-0.2, -0.15) is 5.10 Å². The molecule has 0 bridgehead atoms. The van der Waals surface area contributed by atoms with Crippen molar-refractivity contribution in [3.8, 4) is 22.5 Å². The lowest BCUT2D eigenvalue weighted by molar-refractivity contribution is 0.0696. The first-order valence-electron chi connectivity index (χ1n) is 10.6. The molecule has 35 heavy (non-hydrogen) atoms. The normalized spacial score (nSPS) is 11.2. The van der Waals surface area contributed by atoms with Crippen molar-refractivity contribution < 1.29 is 19.1 Å². The van der Waals surface area contributed by atoms with Crippen LogP contribution in [0.15, 0.2) is 98.9 Å². The highest BCUT2D eigenvalue weighted by molar-refractivity contribution is 9.10. The van der Waals surface area contributed by atoms with Crippen LogP contribution in [0.2, 0.25) is 0 Å². The van der Waals surface area contributed by atoms with Crippen LogP contribution in [0, 0.1) is 0 Å². The molecule has 0 atom stereocenters. The Bertz CT molecular complexity index is 1580. The van der Waals surface area contributed by atoms with Crippen LogP contribution in [0.5, 0.6) is 0 Å². The Kier molecular flexibility index (Phi) is 6.03. The van der Waals surface area contributed by atoms with Gasteiger partial charge in [0.1, 0.15) is 17.2 Å². The fourth-order valence-electron chi connectivity index (χ4n) is 3.83. The zero-order valence-corrected chi connectivity index (χ0v) is 19.7. The minimum atomic E-state index is -1.01. The van der Waals surface area contributed by atoms with E-state index >= 15 is 0 Å². The molecular weight excluding hydrogens is 510 g/mol. The molecule has 0 radical (unpaired) electrons. The molecule has 1 amide bonds. The standard InChI is InChI=1S/C27H18BrN3O4/c28-19-9-11-22-21(14-19)24(16-5-2-1-3-6-16)25(30-22)26(32)31-29-15-20-10-12-23(35-20)17-7-4-8-18(13-17)27(33)34/h1-15,30H,(H,31,32)(H,33,34)/b29-15+. The molecule has 0 aliphatic carbocycles. The number of hydrazone groups is 1. The number of H-pyrrole nitrogens is 1. The minimum absolute atomic E-state index is 0.168. The molecule has 5 rings (SSSR count). The highest BCUT2D eigenvalue weighted by atomic mass is 79.9. The second-order valence-electron chi connectivity index (χ2n) is 7.72. The molecule has 0 unspecified atom stereocenters. The number of amides is 1. The summed E-state index contributed by atoms with van der Waals surface area (Å²) in [6.07, 6.45) is 1.39. The summed E-state index contributed by atoms with van der Waals surface area (Å²) in [7, 11) is 0. The van der Waals surface area contributed by atoms with Crippen molar-refractivity contribution in [2.45, 2.75) is 0 Å². The van der Waals surface area contributed by atoms with Crippen LogP contribution >= 0.6 is 15.9 Å². The molecule has 0 saturated heterocycles. The van der Waals surface area contributed by atoms with Gasteiger partial charge in [0.25, 0.3) is 5.91 Å². The molecule has 5 aromatic rings. The predicted octanol–water partition coefficient (Wildman–Crippen LogP) is 6.32. The number of benzene rings is 3. The number of rotatable bonds is 6. The summed E-state index contributed by atoms with van der Waals surface area (Å²) < 4.78 is 6.65. The van der Waals surface area contributed by atoms with E-state index in [-0.39, 0.29) is 5.56 Å². The van der Waals surface area contributed by atoms with Gasteiger partial charge < -0.3 is 14.5 Å². The van der Waals surface area contributed by atoms with Crippen molar-refractivity contribution in [2.24, 2.45) is 5.10 Å². The number of furan rings is 1. The molecule has 8 heteroatoms. The summed E-state index contributed by atoms with van der Waals surface area (Å²) in [4.78, 5) is 27.5. The molecule has 0 fully saturated rings. The minimum Gasteiger partial charge on any atom is -0.478 e. The van der Waals surface area contributed by atoms with Gasteiger partial charge in [0.05, 0.1) is 11.8 Å². The summed E-state index contributed by atoms with van der Waals surface area (Å²) in [6, 6.07) is 25.3. The number of halogens is 1. The van der Waals surface area contributed by atoms with Crippen LogP contribution in [0.1, 0.15) is 26.6 Å². The van der Waals surface area contributed by atoms with Gasteiger partial charge in [-0.1, -0.05) is 58.4 Å². The quantitative estimate of drug-likeness (QED) is 0.177. The van der Waals surface area contributed by atoms with E-state index in [1.165, 1.54) is 18.3 Å². The van der Waals surface area contributed by atoms with Gasteiger partial charge in [0.2, 0.25) is 0 Å². The van der Waals surface area contributed by atoms with E-state index in [9.17, 15) is 14.7 Å². The maximum Gasteiger partial charge on any atom is 0.335 e. The molecule has 0 aliphatic heterocycles. The molecule has 0 saturated carbocycles. The molecule has 2 heterocycles. The van der Waals surface area contributed by atoms with Crippen LogP contribution < -0.4 is 5.43 Å². The Morgan fingerprint density at radius 2 is 1.74 bits per heavy atom. The van der Waals surface area contributed by atoms with Crippen molar-refractivity contribution >= 4 is 44.9 Å². The average Bonchev–Trinajstić information content (AvgIpc) is 3.49. The number of fused-ring (bicyclic) bond motifs is 1. The van der Waals surface area contributed by atoms with Crippen molar-refractivity contribution in [2.75, 3.05) is 0 Å². The Morgan fingerprint density at radius 3 is 2.54 bits per heavy atom. The van der Waals surface area contributed by atoms with Crippen molar-refractivity contribution in [1.29, 1.82) is 0 Å². The van der Waals surface area contributed by atoms with Crippen molar-refractivity contribution in [3.05, 3.63) is 106 Å². The monoisotopic (exact) mass is 527 g/mol. The molecule has 3 aromatic carbocycles. The summed E-state index contributed by atoms with van der Waals surface area (Å²) >= 11 is 3.51. The fourth-order valence-corrected chi connectivity index (χ4v) is 4.19. The van der Waals surface area contributed by atoms with E-state index in [1.807, 2.05) is 48.5 Å². The topological polar surface area (TPSA) is 108 Å². The number of carboxylic acids is 1. The highest BCUT2D eigenvalue weighted by Gasteiger charge is 2.19. The van der Waals surface area contributed by atoms with Crippen LogP contribution in [-0.2, 0) is 0 Å². The summed E-state index contributed by atoms with van der Waals surface area (Å²) in [6.45, 7) is 0. The third-order valence-electron chi connectivity index (χ3n) is 5.43. The van der Waals surface area contributed by atoms with E-state index in [0.717, 1.165) is 26.5 Å².